The van der Waals surface area contributed by atoms with Gasteiger partial charge in [0.2, 0.25) is 5.91 Å². The van der Waals surface area contributed by atoms with E-state index < -0.39 is 23.8 Å². The molecule has 0 aliphatic rings. The molecule has 0 aliphatic carbocycles. The number of amides is 1. The number of benzene rings is 2. The molecule has 0 spiro atoms. The number of phenolic OH excluding ortho intramolecular Hbond substituents is 1. The van der Waals surface area contributed by atoms with Gasteiger partial charge >= 0.3 is 0 Å². The van der Waals surface area contributed by atoms with Crippen molar-refractivity contribution < 1.29 is 19.1 Å². The minimum Gasteiger partial charge on any atom is -0.507 e. The SMILES string of the molecule is Cc1cc(F)cc(CC(=O)[C@@H](CCc2ccccc2)NC(=O)[C@@H](N)CCCN)c1O. The predicted octanol–water partition coefficient (Wildman–Crippen LogP) is 2.14. The first kappa shape index (κ1) is 23.5. The highest BCUT2D eigenvalue weighted by Gasteiger charge is 2.24. The lowest BCUT2D eigenvalue weighted by atomic mass is 9.96. The van der Waals surface area contributed by atoms with Crippen molar-refractivity contribution in [3.05, 3.63) is 65.0 Å². The van der Waals surface area contributed by atoms with Crippen LogP contribution in [-0.2, 0) is 22.4 Å². The Labute approximate surface area is 176 Å². The zero-order valence-corrected chi connectivity index (χ0v) is 17.2. The Hall–Kier alpha value is -2.77. The molecule has 0 heterocycles. The standard InChI is InChI=1S/C23H30FN3O3/c1-15-12-18(24)13-17(22(15)29)14-21(28)20(10-9-16-6-3-2-4-7-16)27-23(30)19(26)8-5-11-25/h2-4,6-7,12-13,19-20,29H,5,8-11,14,25-26H2,1H3,(H,27,30)/t19-,20+/m0/s1. The Kier molecular flexibility index (Phi) is 8.95. The van der Waals surface area contributed by atoms with E-state index in [9.17, 15) is 19.1 Å². The van der Waals surface area contributed by atoms with Gasteiger partial charge in [-0.05, 0) is 62.4 Å². The summed E-state index contributed by atoms with van der Waals surface area (Å²) < 4.78 is 13.7. The van der Waals surface area contributed by atoms with E-state index >= 15 is 0 Å². The number of hydrogen-bond donors (Lipinski definition) is 4. The fraction of sp³-hybridized carbons (Fsp3) is 0.391. The van der Waals surface area contributed by atoms with Crippen LogP contribution in [0.15, 0.2) is 42.5 Å². The van der Waals surface area contributed by atoms with Gasteiger partial charge in [-0.1, -0.05) is 30.3 Å². The van der Waals surface area contributed by atoms with E-state index in [0.717, 1.165) is 11.6 Å². The summed E-state index contributed by atoms with van der Waals surface area (Å²) in [5, 5.41) is 12.9. The lowest BCUT2D eigenvalue weighted by Crippen LogP contribution is -2.49. The van der Waals surface area contributed by atoms with Gasteiger partial charge < -0.3 is 21.9 Å². The second-order valence-corrected chi connectivity index (χ2v) is 7.50. The molecule has 0 fully saturated rings. The molecule has 0 saturated carbocycles. The molecule has 0 saturated heterocycles. The van der Waals surface area contributed by atoms with Gasteiger partial charge in [0.15, 0.2) is 5.78 Å². The van der Waals surface area contributed by atoms with Gasteiger partial charge in [-0.15, -0.1) is 0 Å². The number of aromatic hydroxyl groups is 1. The van der Waals surface area contributed by atoms with Gasteiger partial charge in [0.05, 0.1) is 12.1 Å². The van der Waals surface area contributed by atoms with Crippen molar-refractivity contribution in [2.75, 3.05) is 6.54 Å². The van der Waals surface area contributed by atoms with E-state index in [0.29, 0.717) is 37.8 Å². The van der Waals surface area contributed by atoms with Crippen molar-refractivity contribution in [3.63, 3.8) is 0 Å². The van der Waals surface area contributed by atoms with Crippen LogP contribution in [0, 0.1) is 12.7 Å². The van der Waals surface area contributed by atoms with Gasteiger partial charge in [-0.3, -0.25) is 9.59 Å². The Morgan fingerprint density at radius 2 is 1.87 bits per heavy atom. The van der Waals surface area contributed by atoms with Gasteiger partial charge in [-0.2, -0.15) is 0 Å². The maximum atomic E-state index is 13.7. The minimum absolute atomic E-state index is 0.113. The number of nitrogens with two attached hydrogens (primary N) is 2. The second-order valence-electron chi connectivity index (χ2n) is 7.50. The molecular weight excluding hydrogens is 385 g/mol. The van der Waals surface area contributed by atoms with Crippen LogP contribution < -0.4 is 16.8 Å². The molecule has 2 atom stereocenters. The Morgan fingerprint density at radius 3 is 2.53 bits per heavy atom. The average Bonchev–Trinajstić information content (AvgIpc) is 2.73. The number of carbonyl (C=O) groups excluding carboxylic acids is 2. The van der Waals surface area contributed by atoms with Gasteiger partial charge in [0.25, 0.3) is 0 Å². The number of nitrogens with one attached hydrogen (secondary N) is 1. The smallest absolute Gasteiger partial charge is 0.237 e. The molecule has 2 rings (SSSR count). The van der Waals surface area contributed by atoms with Crippen molar-refractivity contribution in [1.82, 2.24) is 5.32 Å². The number of rotatable bonds is 11. The molecule has 1 amide bonds. The van der Waals surface area contributed by atoms with E-state index in [1.54, 1.807) is 6.92 Å². The molecule has 0 bridgehead atoms. The van der Waals surface area contributed by atoms with E-state index in [2.05, 4.69) is 5.32 Å². The van der Waals surface area contributed by atoms with Crippen LogP contribution in [0.2, 0.25) is 0 Å². The molecule has 6 N–H and O–H groups in total. The maximum absolute atomic E-state index is 13.7. The average molecular weight is 416 g/mol. The van der Waals surface area contributed by atoms with Crippen LogP contribution in [0.25, 0.3) is 0 Å². The Morgan fingerprint density at radius 1 is 1.17 bits per heavy atom. The van der Waals surface area contributed by atoms with E-state index in [1.165, 1.54) is 6.07 Å². The summed E-state index contributed by atoms with van der Waals surface area (Å²) in [4.78, 5) is 25.4. The third-order valence-electron chi connectivity index (χ3n) is 5.03. The summed E-state index contributed by atoms with van der Waals surface area (Å²) in [5.74, 6) is -1.38. The van der Waals surface area contributed by atoms with E-state index in [-0.39, 0.29) is 23.5 Å². The number of Topliss-reactive ketones (excluding diaryl/α,β-unsaturated/α-hetero) is 1. The zero-order chi connectivity index (χ0) is 22.1. The van der Waals surface area contributed by atoms with Crippen molar-refractivity contribution in [1.29, 1.82) is 0 Å². The van der Waals surface area contributed by atoms with Gasteiger partial charge in [0.1, 0.15) is 11.6 Å². The van der Waals surface area contributed by atoms with Crippen LogP contribution in [0.3, 0.4) is 0 Å². The van der Waals surface area contributed by atoms with Crippen molar-refractivity contribution in [2.45, 2.75) is 51.1 Å². The van der Waals surface area contributed by atoms with Gasteiger partial charge in [-0.25, -0.2) is 4.39 Å². The summed E-state index contributed by atoms with van der Waals surface area (Å²) in [5.41, 5.74) is 13.0. The third kappa shape index (κ3) is 6.93. The van der Waals surface area contributed by atoms with Crippen molar-refractivity contribution >= 4 is 11.7 Å². The first-order chi connectivity index (χ1) is 14.3. The zero-order valence-electron chi connectivity index (χ0n) is 17.2. The monoisotopic (exact) mass is 415 g/mol. The molecule has 0 aromatic heterocycles. The molecule has 7 heteroatoms. The van der Waals surface area contributed by atoms with Crippen LogP contribution in [-0.4, -0.2) is 35.4 Å². The van der Waals surface area contributed by atoms with Crippen molar-refractivity contribution in [2.24, 2.45) is 11.5 Å². The summed E-state index contributed by atoms with van der Waals surface area (Å²) in [7, 11) is 0. The number of phenols is 1. The fourth-order valence-corrected chi connectivity index (χ4v) is 3.27. The van der Waals surface area contributed by atoms with Crippen LogP contribution in [0.1, 0.15) is 36.0 Å². The van der Waals surface area contributed by atoms with Crippen LogP contribution in [0.5, 0.6) is 5.75 Å². The first-order valence-corrected chi connectivity index (χ1v) is 10.1. The number of ketones is 1. The highest BCUT2D eigenvalue weighted by molar-refractivity contribution is 5.92. The normalized spacial score (nSPS) is 12.9. The second kappa shape index (κ2) is 11.4. The summed E-state index contributed by atoms with van der Waals surface area (Å²) >= 11 is 0. The maximum Gasteiger partial charge on any atom is 0.237 e. The third-order valence-corrected chi connectivity index (χ3v) is 5.03. The Balaban J connectivity index is 2.14. The molecular formula is C23H30FN3O3. The molecule has 2 aromatic carbocycles. The largest absolute Gasteiger partial charge is 0.507 e. The Bertz CT molecular complexity index is 858. The van der Waals surface area contributed by atoms with E-state index in [1.807, 2.05) is 30.3 Å². The molecule has 0 radical (unpaired) electrons. The molecule has 2 aromatic rings. The molecule has 0 unspecified atom stereocenters. The number of hydrogen-bond acceptors (Lipinski definition) is 5. The summed E-state index contributed by atoms with van der Waals surface area (Å²) in [6.45, 7) is 1.99. The summed E-state index contributed by atoms with van der Waals surface area (Å²) in [6, 6.07) is 10.4. The predicted molar refractivity (Wildman–Crippen MR) is 114 cm³/mol. The highest BCUT2D eigenvalue weighted by Crippen LogP contribution is 2.24. The number of halogens is 1. The van der Waals surface area contributed by atoms with Gasteiger partial charge in [0, 0.05) is 12.0 Å². The lowest BCUT2D eigenvalue weighted by molar-refractivity contribution is -0.128. The molecule has 0 aliphatic heterocycles. The number of carbonyl (C=O) groups is 2. The molecule has 30 heavy (non-hydrogen) atoms. The molecule has 162 valence electrons. The van der Waals surface area contributed by atoms with Crippen molar-refractivity contribution in [3.8, 4) is 5.75 Å². The van der Waals surface area contributed by atoms with E-state index in [4.69, 9.17) is 11.5 Å². The number of aryl methyl sites for hydroxylation is 2. The first-order valence-electron chi connectivity index (χ1n) is 10.1. The topological polar surface area (TPSA) is 118 Å². The quantitative estimate of drug-likeness (QED) is 0.448. The highest BCUT2D eigenvalue weighted by atomic mass is 19.1. The fourth-order valence-electron chi connectivity index (χ4n) is 3.27. The minimum atomic E-state index is -0.801. The lowest BCUT2D eigenvalue weighted by Gasteiger charge is -2.21. The van der Waals surface area contributed by atoms with Crippen LogP contribution >= 0.6 is 0 Å². The molecule has 6 nitrogen and oxygen atoms in total. The van der Waals surface area contributed by atoms with Crippen LogP contribution in [0.4, 0.5) is 4.39 Å². The summed E-state index contributed by atoms with van der Waals surface area (Å²) in [6.07, 6.45) is 1.78.